The van der Waals surface area contributed by atoms with Crippen LogP contribution in [0.2, 0.25) is 0 Å². The van der Waals surface area contributed by atoms with Crippen LogP contribution in [0.3, 0.4) is 0 Å². The number of hydrogen-bond donors (Lipinski definition) is 0. The summed E-state index contributed by atoms with van der Waals surface area (Å²) < 4.78 is 21.9. The maximum atomic E-state index is 11.7. The highest BCUT2D eigenvalue weighted by Crippen LogP contribution is 2.39. The van der Waals surface area contributed by atoms with Gasteiger partial charge in [0.1, 0.15) is 36.4 Å². The molecule has 0 aromatic carbocycles. The van der Waals surface area contributed by atoms with Gasteiger partial charge in [0, 0.05) is 30.9 Å². The van der Waals surface area contributed by atoms with Gasteiger partial charge in [-0.25, -0.2) is 0 Å². The quantitative estimate of drug-likeness (QED) is 0.198. The summed E-state index contributed by atoms with van der Waals surface area (Å²) in [5.74, 6) is -1.70. The zero-order valence-electron chi connectivity index (χ0n) is 16.8. The van der Waals surface area contributed by atoms with Crippen LogP contribution in [0.5, 0.6) is 0 Å². The van der Waals surface area contributed by atoms with E-state index in [1.807, 2.05) is 0 Å². The average Bonchev–Trinajstić information content (AvgIpc) is 2.65. The largest absolute Gasteiger partial charge is 0.463 e. The van der Waals surface area contributed by atoms with Gasteiger partial charge in [-0.15, -0.1) is 11.8 Å². The second-order valence-electron chi connectivity index (χ2n) is 7.09. The minimum atomic E-state index is -1.06. The lowest BCUT2D eigenvalue weighted by Gasteiger charge is -2.44. The highest BCUT2D eigenvalue weighted by molar-refractivity contribution is 8.00. The van der Waals surface area contributed by atoms with E-state index in [9.17, 15) is 14.4 Å². The number of carbonyl (C=O) groups excluding carboxylic acids is 3. The summed E-state index contributed by atoms with van der Waals surface area (Å²) in [7, 11) is 0. The fourth-order valence-electron chi connectivity index (χ4n) is 3.57. The first kappa shape index (κ1) is 23.3. The van der Waals surface area contributed by atoms with Gasteiger partial charge in [0.15, 0.2) is 0 Å². The van der Waals surface area contributed by atoms with Crippen LogP contribution in [-0.4, -0.2) is 59.6 Å². The van der Waals surface area contributed by atoms with Gasteiger partial charge in [0.05, 0.1) is 0 Å². The third kappa shape index (κ3) is 7.09. The molecule has 5 atom stereocenters. The van der Waals surface area contributed by atoms with E-state index >= 15 is 0 Å². The molecular weight excluding hydrogens is 402 g/mol. The molecule has 0 bridgehead atoms. The Bertz CT molecular complexity index is 649. The molecule has 0 radical (unpaired) electrons. The van der Waals surface area contributed by atoms with E-state index in [0.717, 1.165) is 25.7 Å². The van der Waals surface area contributed by atoms with E-state index in [4.69, 9.17) is 24.5 Å². The van der Waals surface area contributed by atoms with E-state index in [2.05, 4.69) is 10.0 Å². The first-order valence-corrected chi connectivity index (χ1v) is 10.6. The van der Waals surface area contributed by atoms with Crippen molar-refractivity contribution in [3.8, 4) is 0 Å². The van der Waals surface area contributed by atoms with Crippen molar-refractivity contribution in [2.75, 3.05) is 6.61 Å². The van der Waals surface area contributed by atoms with Crippen LogP contribution in [0.4, 0.5) is 0 Å². The molecule has 0 aromatic rings. The maximum absolute atomic E-state index is 11.7. The minimum absolute atomic E-state index is 0.181. The second kappa shape index (κ2) is 11.3. The van der Waals surface area contributed by atoms with Gasteiger partial charge >= 0.3 is 17.9 Å². The first-order chi connectivity index (χ1) is 13.8. The molecule has 0 N–H and O–H groups in total. The monoisotopic (exact) mass is 429 g/mol. The Morgan fingerprint density at radius 2 is 1.66 bits per heavy atom. The molecule has 2 fully saturated rings. The maximum Gasteiger partial charge on any atom is 0.303 e. The zero-order chi connectivity index (χ0) is 21.4. The Hall–Kier alpha value is -1.97. The molecule has 1 saturated carbocycles. The number of rotatable bonds is 7. The van der Waals surface area contributed by atoms with Crippen molar-refractivity contribution in [1.82, 2.24) is 0 Å². The molecule has 29 heavy (non-hydrogen) atoms. The van der Waals surface area contributed by atoms with Gasteiger partial charge in [-0.3, -0.25) is 14.4 Å². The van der Waals surface area contributed by atoms with E-state index in [1.54, 1.807) is 0 Å². The first-order valence-electron chi connectivity index (χ1n) is 9.64. The minimum Gasteiger partial charge on any atom is -0.463 e. The summed E-state index contributed by atoms with van der Waals surface area (Å²) in [6.07, 6.45) is 2.55. The smallest absolute Gasteiger partial charge is 0.303 e. The van der Waals surface area contributed by atoms with Crippen molar-refractivity contribution in [3.05, 3.63) is 10.4 Å². The van der Waals surface area contributed by atoms with Crippen LogP contribution >= 0.6 is 11.8 Å². The molecule has 10 nitrogen and oxygen atoms in total. The van der Waals surface area contributed by atoms with Gasteiger partial charge in [-0.2, -0.15) is 0 Å². The Morgan fingerprint density at radius 1 is 1.03 bits per heavy atom. The topological polar surface area (TPSA) is 137 Å². The lowest BCUT2D eigenvalue weighted by molar-refractivity contribution is -0.201. The lowest BCUT2D eigenvalue weighted by atomic mass is 9.97. The molecule has 0 aromatic heterocycles. The van der Waals surface area contributed by atoms with Crippen molar-refractivity contribution >= 4 is 29.7 Å². The van der Waals surface area contributed by atoms with Crippen molar-refractivity contribution in [3.63, 3.8) is 0 Å². The molecule has 162 valence electrons. The lowest BCUT2D eigenvalue weighted by Crippen LogP contribution is -2.59. The van der Waals surface area contributed by atoms with Crippen LogP contribution in [0.15, 0.2) is 5.11 Å². The molecular formula is C18H27N3O7S. The number of nitrogens with zero attached hydrogens (tertiary/aromatic N) is 3. The van der Waals surface area contributed by atoms with Crippen LogP contribution in [-0.2, 0) is 33.3 Å². The van der Waals surface area contributed by atoms with Crippen LogP contribution in [0.1, 0.15) is 52.9 Å². The fraction of sp³-hybridized carbons (Fsp3) is 0.833. The number of hydrogen-bond acceptors (Lipinski definition) is 9. The van der Waals surface area contributed by atoms with Gasteiger partial charge in [0.25, 0.3) is 0 Å². The van der Waals surface area contributed by atoms with E-state index < -0.39 is 47.7 Å². The normalized spacial score (nSPS) is 30.0. The molecule has 3 unspecified atom stereocenters. The summed E-state index contributed by atoms with van der Waals surface area (Å²) in [5.41, 5.74) is 8.43. The van der Waals surface area contributed by atoms with Crippen LogP contribution in [0.25, 0.3) is 10.4 Å². The molecule has 0 amide bonds. The van der Waals surface area contributed by atoms with Gasteiger partial charge < -0.3 is 18.9 Å². The van der Waals surface area contributed by atoms with Gasteiger partial charge in [-0.1, -0.05) is 24.4 Å². The van der Waals surface area contributed by atoms with Crippen LogP contribution in [0, 0.1) is 0 Å². The molecule has 1 saturated heterocycles. The summed E-state index contributed by atoms with van der Waals surface area (Å²) in [6.45, 7) is 3.53. The molecule has 2 aliphatic rings. The zero-order valence-corrected chi connectivity index (χ0v) is 17.6. The molecule has 1 aliphatic heterocycles. The predicted octanol–water partition coefficient (Wildman–Crippen LogP) is 2.88. The van der Waals surface area contributed by atoms with Crippen molar-refractivity contribution < 1.29 is 33.3 Å². The number of ether oxygens (including phenoxy) is 4. The standard InChI is InChI=1S/C18H27N3O7S/c1-10(22)25-9-14-16(26-11(2)23)15(20-21-19)17(27-12(3)24)18(28-14)29-13-7-5-4-6-8-13/h13-18H,4-9H2,1-3H3/t14?,15?,16-,17?,18+/m0/s1. The molecule has 11 heteroatoms. The summed E-state index contributed by atoms with van der Waals surface area (Å²) in [4.78, 5) is 37.5. The molecule has 2 rings (SSSR count). The highest BCUT2D eigenvalue weighted by atomic mass is 32.2. The summed E-state index contributed by atoms with van der Waals surface area (Å²) in [6, 6.07) is -1.01. The number of thioether (sulfide) groups is 1. The summed E-state index contributed by atoms with van der Waals surface area (Å²) >= 11 is 1.52. The number of esters is 3. The Kier molecular flexibility index (Phi) is 9.06. The van der Waals surface area contributed by atoms with Crippen molar-refractivity contribution in [1.29, 1.82) is 0 Å². The summed E-state index contributed by atoms with van der Waals surface area (Å²) in [5, 5.41) is 4.07. The van der Waals surface area contributed by atoms with E-state index in [1.165, 1.54) is 39.0 Å². The van der Waals surface area contributed by atoms with Crippen LogP contribution < -0.4 is 0 Å². The van der Waals surface area contributed by atoms with Crippen molar-refractivity contribution in [2.45, 2.75) is 87.9 Å². The fourth-order valence-corrected chi connectivity index (χ4v) is 5.14. The SMILES string of the molecule is CC(=O)OCC1O[C@H](SC2CCCCC2)C(OC(C)=O)C(N=[N+]=[N-])[C@H]1OC(C)=O. The van der Waals surface area contributed by atoms with Gasteiger partial charge in [-0.05, 0) is 18.4 Å². The van der Waals surface area contributed by atoms with Crippen molar-refractivity contribution in [2.24, 2.45) is 5.11 Å². The second-order valence-corrected chi connectivity index (χ2v) is 8.49. The van der Waals surface area contributed by atoms with E-state index in [-0.39, 0.29) is 6.61 Å². The molecule has 1 heterocycles. The molecule has 0 spiro atoms. The Morgan fingerprint density at radius 3 is 2.21 bits per heavy atom. The highest BCUT2D eigenvalue weighted by Gasteiger charge is 2.50. The van der Waals surface area contributed by atoms with Gasteiger partial charge in [0.2, 0.25) is 0 Å². The van der Waals surface area contributed by atoms with E-state index in [0.29, 0.717) is 5.25 Å². The Labute approximate surface area is 173 Å². The third-order valence-electron chi connectivity index (χ3n) is 4.74. The number of azide groups is 1. The third-order valence-corrected chi connectivity index (χ3v) is 6.24. The predicted molar refractivity (Wildman–Crippen MR) is 104 cm³/mol. The average molecular weight is 429 g/mol. The Balaban J connectivity index is 2.32. The molecule has 1 aliphatic carbocycles. The number of carbonyl (C=O) groups is 3.